The van der Waals surface area contributed by atoms with Crippen molar-refractivity contribution < 1.29 is 13.9 Å². The molecule has 0 saturated carbocycles. The lowest BCUT2D eigenvalue weighted by Gasteiger charge is -2.12. The first-order valence-electron chi connectivity index (χ1n) is 8.14. The second-order valence-corrected chi connectivity index (χ2v) is 7.67. The van der Waals surface area contributed by atoms with Crippen LogP contribution in [-0.2, 0) is 22.6 Å². The summed E-state index contributed by atoms with van der Waals surface area (Å²) in [6.07, 6.45) is 0. The maximum Gasteiger partial charge on any atom is 0.332 e. The first kappa shape index (κ1) is 19.5. The molecule has 2 aromatic heterocycles. The van der Waals surface area contributed by atoms with Crippen molar-refractivity contribution in [2.45, 2.75) is 26.9 Å². The van der Waals surface area contributed by atoms with Gasteiger partial charge in [-0.1, -0.05) is 22.0 Å². The third-order valence-corrected chi connectivity index (χ3v) is 5.67. The van der Waals surface area contributed by atoms with Gasteiger partial charge in [0.15, 0.2) is 0 Å². The fourth-order valence-electron chi connectivity index (χ4n) is 2.78. The lowest BCUT2D eigenvalue weighted by molar-refractivity contribution is -0.143. The van der Waals surface area contributed by atoms with Crippen LogP contribution in [0.4, 0.5) is 4.39 Å². The molecule has 142 valence electrons. The third-order valence-electron chi connectivity index (χ3n) is 4.06. The summed E-state index contributed by atoms with van der Waals surface area (Å²) in [6, 6.07) is 4.41. The van der Waals surface area contributed by atoms with Crippen molar-refractivity contribution >= 4 is 43.5 Å². The molecule has 3 rings (SSSR count). The summed E-state index contributed by atoms with van der Waals surface area (Å²) in [7, 11) is 0. The van der Waals surface area contributed by atoms with E-state index in [2.05, 4.69) is 15.9 Å². The van der Waals surface area contributed by atoms with E-state index in [1.807, 2.05) is 0 Å². The highest BCUT2D eigenvalue weighted by Crippen LogP contribution is 2.22. The second kappa shape index (κ2) is 7.77. The summed E-state index contributed by atoms with van der Waals surface area (Å²) < 4.78 is 21.9. The van der Waals surface area contributed by atoms with Gasteiger partial charge in [0.05, 0.1) is 18.5 Å². The lowest BCUT2D eigenvalue weighted by Crippen LogP contribution is -2.41. The average molecular weight is 455 g/mol. The number of nitrogens with zero attached hydrogens (tertiary/aromatic N) is 2. The van der Waals surface area contributed by atoms with E-state index in [4.69, 9.17) is 4.74 Å². The van der Waals surface area contributed by atoms with Crippen molar-refractivity contribution in [1.82, 2.24) is 9.13 Å². The number of rotatable bonds is 5. The van der Waals surface area contributed by atoms with Crippen molar-refractivity contribution in [3.63, 3.8) is 0 Å². The van der Waals surface area contributed by atoms with Gasteiger partial charge in [-0.05, 0) is 36.9 Å². The predicted molar refractivity (Wildman–Crippen MR) is 105 cm³/mol. The molecule has 0 atom stereocenters. The average Bonchev–Trinajstić information content (AvgIpc) is 2.99. The van der Waals surface area contributed by atoms with Crippen LogP contribution >= 0.6 is 27.3 Å². The highest BCUT2D eigenvalue weighted by Gasteiger charge is 2.19. The molecule has 9 heteroatoms. The SMILES string of the molecule is CCOC(=O)Cn1c(=O)n(Cc2ccc(Br)cc2F)c(=O)c2c(C)csc21. The fraction of sp³-hybridized carbons (Fsp3) is 0.278. The van der Waals surface area contributed by atoms with Crippen LogP contribution in [0.15, 0.2) is 37.6 Å². The second-order valence-electron chi connectivity index (χ2n) is 5.90. The van der Waals surface area contributed by atoms with Crippen LogP contribution in [0.2, 0.25) is 0 Å². The van der Waals surface area contributed by atoms with Crippen LogP contribution in [0.25, 0.3) is 10.2 Å². The minimum absolute atomic E-state index is 0.184. The van der Waals surface area contributed by atoms with E-state index in [1.165, 1.54) is 28.0 Å². The Morgan fingerprint density at radius 3 is 2.70 bits per heavy atom. The first-order valence-corrected chi connectivity index (χ1v) is 9.81. The number of benzene rings is 1. The van der Waals surface area contributed by atoms with Gasteiger partial charge in [-0.15, -0.1) is 11.3 Å². The molecule has 1 aromatic carbocycles. The summed E-state index contributed by atoms with van der Waals surface area (Å²) in [5, 5.41) is 2.10. The zero-order valence-corrected chi connectivity index (χ0v) is 17.0. The molecule has 6 nitrogen and oxygen atoms in total. The highest BCUT2D eigenvalue weighted by molar-refractivity contribution is 9.10. The van der Waals surface area contributed by atoms with E-state index >= 15 is 0 Å². The zero-order valence-electron chi connectivity index (χ0n) is 14.6. The molecule has 27 heavy (non-hydrogen) atoms. The molecule has 2 heterocycles. The minimum atomic E-state index is -0.676. The van der Waals surface area contributed by atoms with Gasteiger partial charge in [0.1, 0.15) is 17.2 Å². The van der Waals surface area contributed by atoms with E-state index < -0.39 is 23.0 Å². The van der Waals surface area contributed by atoms with Crippen LogP contribution in [-0.4, -0.2) is 21.7 Å². The Hall–Kier alpha value is -2.26. The normalized spacial score (nSPS) is 11.1. The molecular formula is C18H16BrFN2O4S. The summed E-state index contributed by atoms with van der Waals surface area (Å²) in [4.78, 5) is 38.2. The molecule has 3 aromatic rings. The maximum atomic E-state index is 14.2. The zero-order chi connectivity index (χ0) is 19.7. The number of fused-ring (bicyclic) bond motifs is 1. The van der Waals surface area contributed by atoms with E-state index in [1.54, 1.807) is 25.3 Å². The monoisotopic (exact) mass is 454 g/mol. The number of carbonyl (C=O) groups excluding carboxylic acids is 1. The van der Waals surface area contributed by atoms with Crippen molar-refractivity contribution in [3.8, 4) is 0 Å². The Morgan fingerprint density at radius 2 is 2.04 bits per heavy atom. The number of aromatic nitrogens is 2. The maximum absolute atomic E-state index is 14.2. The van der Waals surface area contributed by atoms with Crippen LogP contribution in [0.5, 0.6) is 0 Å². The third kappa shape index (κ3) is 3.74. The van der Waals surface area contributed by atoms with Gasteiger partial charge in [0, 0.05) is 10.0 Å². The molecule has 0 saturated heterocycles. The number of hydrogen-bond donors (Lipinski definition) is 0. The van der Waals surface area contributed by atoms with E-state index in [0.717, 1.165) is 4.57 Å². The molecular weight excluding hydrogens is 439 g/mol. The largest absolute Gasteiger partial charge is 0.465 e. The number of carbonyl (C=O) groups is 1. The van der Waals surface area contributed by atoms with Gasteiger partial charge in [-0.25, -0.2) is 9.18 Å². The molecule has 0 radical (unpaired) electrons. The first-order chi connectivity index (χ1) is 12.8. The highest BCUT2D eigenvalue weighted by atomic mass is 79.9. The van der Waals surface area contributed by atoms with Crippen molar-refractivity contribution in [2.75, 3.05) is 6.61 Å². The van der Waals surface area contributed by atoms with Gasteiger partial charge in [0.2, 0.25) is 0 Å². The Morgan fingerprint density at radius 1 is 1.30 bits per heavy atom. The number of aryl methyl sites for hydroxylation is 1. The summed E-state index contributed by atoms with van der Waals surface area (Å²) >= 11 is 4.39. The van der Waals surface area contributed by atoms with Crippen LogP contribution < -0.4 is 11.2 Å². The van der Waals surface area contributed by atoms with Crippen molar-refractivity contribution in [3.05, 3.63) is 65.8 Å². The number of esters is 1. The fourth-order valence-corrected chi connectivity index (χ4v) is 4.15. The van der Waals surface area contributed by atoms with Crippen LogP contribution in [0.1, 0.15) is 18.1 Å². The Bertz CT molecular complexity index is 1150. The van der Waals surface area contributed by atoms with Crippen molar-refractivity contribution in [1.29, 1.82) is 0 Å². The standard InChI is InChI=1S/C18H16BrFN2O4S/c1-3-26-14(23)8-22-17-15(10(2)9-27-17)16(24)21(18(22)25)7-11-4-5-12(19)6-13(11)20/h4-6,9H,3,7-8H2,1-2H3. The molecule has 0 aliphatic rings. The number of hydrogen-bond acceptors (Lipinski definition) is 5. The lowest BCUT2D eigenvalue weighted by atomic mass is 10.2. The predicted octanol–water partition coefficient (Wildman–Crippen LogP) is 3.05. The molecule has 0 spiro atoms. The van der Waals surface area contributed by atoms with E-state index in [9.17, 15) is 18.8 Å². The molecule has 0 bridgehead atoms. The number of ether oxygens (including phenoxy) is 1. The van der Waals surface area contributed by atoms with E-state index in [-0.39, 0.29) is 25.3 Å². The molecule has 0 amide bonds. The minimum Gasteiger partial charge on any atom is -0.465 e. The summed E-state index contributed by atoms with van der Waals surface area (Å²) in [5.41, 5.74) is -0.282. The van der Waals surface area contributed by atoms with Gasteiger partial charge in [0.25, 0.3) is 5.56 Å². The Balaban J connectivity index is 2.20. The molecule has 0 aliphatic heterocycles. The smallest absolute Gasteiger partial charge is 0.332 e. The molecule has 0 aliphatic carbocycles. The summed E-state index contributed by atoms with van der Waals surface area (Å²) in [5.74, 6) is -1.11. The van der Waals surface area contributed by atoms with Gasteiger partial charge < -0.3 is 4.74 Å². The number of thiophene rings is 1. The summed E-state index contributed by atoms with van der Waals surface area (Å²) in [6.45, 7) is 3.06. The van der Waals surface area contributed by atoms with Crippen molar-refractivity contribution in [2.24, 2.45) is 0 Å². The molecule has 0 unspecified atom stereocenters. The Labute approximate surface area is 165 Å². The molecule has 0 fully saturated rings. The van der Waals surface area contributed by atoms with Gasteiger partial charge >= 0.3 is 11.7 Å². The number of halogens is 2. The van der Waals surface area contributed by atoms with Gasteiger partial charge in [-0.3, -0.25) is 18.7 Å². The van der Waals surface area contributed by atoms with Gasteiger partial charge in [-0.2, -0.15) is 0 Å². The van der Waals surface area contributed by atoms with E-state index in [0.29, 0.717) is 20.3 Å². The molecule has 0 N–H and O–H groups in total. The quantitative estimate of drug-likeness (QED) is 0.555. The Kier molecular flexibility index (Phi) is 5.61. The van der Waals surface area contributed by atoms with Crippen LogP contribution in [0, 0.1) is 12.7 Å². The topological polar surface area (TPSA) is 70.3 Å². The van der Waals surface area contributed by atoms with Crippen LogP contribution in [0.3, 0.4) is 0 Å².